The average molecular weight is 265 g/mol. The van der Waals surface area contributed by atoms with Gasteiger partial charge in [0.05, 0.1) is 0 Å². The van der Waals surface area contributed by atoms with Gasteiger partial charge in [0.1, 0.15) is 11.4 Å². The van der Waals surface area contributed by atoms with Crippen molar-refractivity contribution in [2.24, 2.45) is 0 Å². The van der Waals surface area contributed by atoms with Crippen LogP contribution in [0.3, 0.4) is 0 Å². The van der Waals surface area contributed by atoms with Crippen LogP contribution in [0.2, 0.25) is 0 Å². The van der Waals surface area contributed by atoms with Crippen molar-refractivity contribution in [1.82, 2.24) is 4.98 Å². The maximum atomic E-state index is 11.4. The van der Waals surface area contributed by atoms with Gasteiger partial charge in [-0.3, -0.25) is 14.6 Å². The van der Waals surface area contributed by atoms with Gasteiger partial charge in [-0.05, 0) is 23.8 Å². The third kappa shape index (κ3) is 1.95. The normalized spacial score (nSPS) is 10.6. The number of anilines is 3. The topological polar surface area (TPSA) is 85.1 Å². The smallest absolute Gasteiger partial charge is 0.253 e. The monoisotopic (exact) mass is 265 g/mol. The predicted octanol–water partition coefficient (Wildman–Crippen LogP) is 1.67. The molecule has 0 amide bonds. The maximum Gasteiger partial charge on any atom is 0.253 e. The van der Waals surface area contributed by atoms with Crippen molar-refractivity contribution >= 4 is 17.1 Å². The van der Waals surface area contributed by atoms with Crippen LogP contribution in [0, 0.1) is 0 Å². The van der Waals surface area contributed by atoms with Crippen molar-refractivity contribution in [2.45, 2.75) is 0 Å². The number of aromatic nitrogens is 1. The molecule has 0 aliphatic rings. The van der Waals surface area contributed by atoms with E-state index in [0.717, 1.165) is 11.1 Å². The second kappa shape index (κ2) is 4.62. The second-order valence-corrected chi connectivity index (χ2v) is 4.39. The minimum atomic E-state index is -0.629. The summed E-state index contributed by atoms with van der Waals surface area (Å²) in [5.74, 6) is 0. The van der Waals surface area contributed by atoms with Crippen LogP contribution in [0.15, 0.2) is 58.4 Å². The number of nitrogens with two attached hydrogens (primary N) is 1. The molecule has 5 heteroatoms. The minimum Gasteiger partial charge on any atom is -0.394 e. The number of benzene rings is 1. The van der Waals surface area contributed by atoms with Gasteiger partial charge in [0.25, 0.3) is 10.9 Å². The van der Waals surface area contributed by atoms with Crippen molar-refractivity contribution in [3.05, 3.63) is 69.2 Å². The fourth-order valence-corrected chi connectivity index (χ4v) is 1.99. The molecule has 5 nitrogen and oxygen atoms in total. The van der Waals surface area contributed by atoms with Crippen LogP contribution < -0.4 is 21.9 Å². The summed E-state index contributed by atoms with van der Waals surface area (Å²) in [4.78, 5) is 26.5. The van der Waals surface area contributed by atoms with E-state index in [9.17, 15) is 9.59 Å². The molecule has 98 valence electrons. The molecule has 0 unspecified atom stereocenters. The summed E-state index contributed by atoms with van der Waals surface area (Å²) < 4.78 is 0. The first-order chi connectivity index (χ1) is 9.66. The molecule has 0 saturated carbocycles. The summed E-state index contributed by atoms with van der Waals surface area (Å²) in [6.07, 6.45) is 3.46. The Labute approximate surface area is 114 Å². The third-order valence-corrected chi connectivity index (χ3v) is 3.07. The van der Waals surface area contributed by atoms with Crippen LogP contribution in [-0.4, -0.2) is 4.98 Å². The van der Waals surface area contributed by atoms with Crippen molar-refractivity contribution < 1.29 is 0 Å². The number of rotatable bonds is 3. The van der Waals surface area contributed by atoms with Gasteiger partial charge < -0.3 is 11.1 Å². The summed E-state index contributed by atoms with van der Waals surface area (Å²) in [6.45, 7) is 0. The van der Waals surface area contributed by atoms with Gasteiger partial charge in [-0.2, -0.15) is 0 Å². The molecule has 0 radical (unpaired) electrons. The third-order valence-electron chi connectivity index (χ3n) is 3.07. The number of hydrogen-bond donors (Lipinski definition) is 2. The van der Waals surface area contributed by atoms with Crippen LogP contribution >= 0.6 is 0 Å². The van der Waals surface area contributed by atoms with Crippen molar-refractivity contribution in [3.8, 4) is 11.1 Å². The molecule has 3 aromatic rings. The summed E-state index contributed by atoms with van der Waals surface area (Å²) in [5, 5.41) is 2.88. The Kier molecular flexibility index (Phi) is 2.80. The largest absolute Gasteiger partial charge is 0.394 e. The van der Waals surface area contributed by atoms with E-state index in [1.165, 1.54) is 0 Å². The Bertz CT molecular complexity index is 834. The van der Waals surface area contributed by atoms with E-state index < -0.39 is 10.9 Å². The van der Waals surface area contributed by atoms with E-state index in [1.54, 1.807) is 18.5 Å². The quantitative estimate of drug-likeness (QED) is 0.704. The lowest BCUT2D eigenvalue weighted by Crippen LogP contribution is -2.36. The van der Waals surface area contributed by atoms with E-state index in [2.05, 4.69) is 10.3 Å². The zero-order valence-electron chi connectivity index (χ0n) is 10.5. The molecule has 0 saturated heterocycles. The van der Waals surface area contributed by atoms with E-state index in [4.69, 9.17) is 5.73 Å². The van der Waals surface area contributed by atoms with Crippen LogP contribution in [0.5, 0.6) is 0 Å². The summed E-state index contributed by atoms with van der Waals surface area (Å²) >= 11 is 0. The van der Waals surface area contributed by atoms with Crippen LogP contribution in [0.4, 0.5) is 17.1 Å². The van der Waals surface area contributed by atoms with Crippen molar-refractivity contribution in [1.29, 1.82) is 0 Å². The summed E-state index contributed by atoms with van der Waals surface area (Å²) in [5.41, 5.74) is 7.06. The van der Waals surface area contributed by atoms with E-state index in [1.807, 2.05) is 30.3 Å². The fourth-order valence-electron chi connectivity index (χ4n) is 1.99. The average Bonchev–Trinajstić information content (AvgIpc) is 2.52. The highest BCUT2D eigenvalue weighted by Crippen LogP contribution is 2.24. The highest BCUT2D eigenvalue weighted by molar-refractivity contribution is 5.78. The molecule has 1 heterocycles. The van der Waals surface area contributed by atoms with Gasteiger partial charge in [-0.1, -0.05) is 18.2 Å². The Balaban J connectivity index is 1.93. The summed E-state index contributed by atoms with van der Waals surface area (Å²) in [6, 6.07) is 11.3. The van der Waals surface area contributed by atoms with Gasteiger partial charge in [-0.25, -0.2) is 0 Å². The number of nitrogen functional groups attached to an aromatic ring is 1. The van der Waals surface area contributed by atoms with E-state index in [0.29, 0.717) is 5.69 Å². The van der Waals surface area contributed by atoms with E-state index in [-0.39, 0.29) is 11.4 Å². The Morgan fingerprint density at radius 3 is 2.50 bits per heavy atom. The highest BCUT2D eigenvalue weighted by Gasteiger charge is 2.17. The first kappa shape index (κ1) is 12.1. The lowest BCUT2D eigenvalue weighted by molar-refractivity contribution is 1.33. The van der Waals surface area contributed by atoms with Crippen molar-refractivity contribution in [2.75, 3.05) is 11.1 Å². The zero-order chi connectivity index (χ0) is 14.1. The molecular weight excluding hydrogens is 254 g/mol. The molecule has 0 aliphatic carbocycles. The molecule has 0 spiro atoms. The Morgan fingerprint density at radius 2 is 1.80 bits per heavy atom. The molecule has 3 N–H and O–H groups in total. The first-order valence-electron chi connectivity index (χ1n) is 6.03. The zero-order valence-corrected chi connectivity index (χ0v) is 10.5. The number of hydrogen-bond acceptors (Lipinski definition) is 5. The van der Waals surface area contributed by atoms with Gasteiger partial charge in [0, 0.05) is 23.6 Å². The molecule has 3 rings (SSSR count). The Hall–Kier alpha value is -2.95. The molecule has 0 aliphatic heterocycles. The minimum absolute atomic E-state index is 0.0122. The molecule has 1 aromatic heterocycles. The first-order valence-corrected chi connectivity index (χ1v) is 6.03. The van der Waals surface area contributed by atoms with Crippen LogP contribution in [0.1, 0.15) is 0 Å². The lowest BCUT2D eigenvalue weighted by atomic mass is 10.1. The van der Waals surface area contributed by atoms with Gasteiger partial charge in [0.2, 0.25) is 0 Å². The highest BCUT2D eigenvalue weighted by atomic mass is 16.2. The van der Waals surface area contributed by atoms with Crippen molar-refractivity contribution in [3.63, 3.8) is 0 Å². The van der Waals surface area contributed by atoms with Gasteiger partial charge in [-0.15, -0.1) is 0 Å². The van der Waals surface area contributed by atoms with Crippen LogP contribution in [0.25, 0.3) is 11.1 Å². The maximum absolute atomic E-state index is 11.4. The standard InChI is InChI=1S/C15H11N3O2/c16-12-13(15(20)14(12)19)18-11-5-1-3-9(7-11)10-4-2-6-17-8-10/h1-8,18H,16H2. The van der Waals surface area contributed by atoms with E-state index >= 15 is 0 Å². The lowest BCUT2D eigenvalue weighted by Gasteiger charge is -2.11. The second-order valence-electron chi connectivity index (χ2n) is 4.39. The Morgan fingerprint density at radius 1 is 1.00 bits per heavy atom. The van der Waals surface area contributed by atoms with Crippen LogP contribution in [-0.2, 0) is 0 Å². The summed E-state index contributed by atoms with van der Waals surface area (Å²) in [7, 11) is 0. The molecule has 0 fully saturated rings. The molecule has 20 heavy (non-hydrogen) atoms. The molecule has 2 aromatic carbocycles. The van der Waals surface area contributed by atoms with Gasteiger partial charge in [0.15, 0.2) is 0 Å². The predicted molar refractivity (Wildman–Crippen MR) is 78.7 cm³/mol. The number of nitrogens with one attached hydrogen (secondary N) is 1. The number of pyridine rings is 1. The number of nitrogens with zero attached hydrogens (tertiary/aromatic N) is 1. The van der Waals surface area contributed by atoms with Gasteiger partial charge >= 0.3 is 0 Å². The fraction of sp³-hybridized carbons (Fsp3) is 0. The molecular formula is C15H11N3O2. The molecule has 0 atom stereocenters. The SMILES string of the molecule is Nc1c(Nc2cccc(-c3cccnc3)c2)c(=O)c1=O. The molecule has 0 bridgehead atoms.